The van der Waals surface area contributed by atoms with E-state index in [9.17, 15) is 4.39 Å². The van der Waals surface area contributed by atoms with Crippen molar-refractivity contribution in [3.05, 3.63) is 24.0 Å². The Hall–Kier alpha value is -1.20. The highest BCUT2D eigenvalue weighted by Gasteiger charge is 2.35. The number of methoxy groups -OCH3 is 2. The lowest BCUT2D eigenvalue weighted by molar-refractivity contribution is 0.0252. The van der Waals surface area contributed by atoms with Gasteiger partial charge < -0.3 is 15.2 Å². The van der Waals surface area contributed by atoms with Crippen molar-refractivity contribution < 1.29 is 13.9 Å². The van der Waals surface area contributed by atoms with E-state index in [-0.39, 0.29) is 18.7 Å². The maximum Gasteiger partial charge on any atom is 0.179 e. The van der Waals surface area contributed by atoms with Gasteiger partial charge in [0.25, 0.3) is 0 Å². The van der Waals surface area contributed by atoms with Gasteiger partial charge in [-0.3, -0.25) is 4.98 Å². The standard InChI is InChI=1S/C12H19FN2O2/c1-16-9-12(13,6-4-7-14)11-10(17-2)5-3-8-15-11/h3,5,8H,4,6-7,9,14H2,1-2H3. The van der Waals surface area contributed by atoms with Crippen molar-refractivity contribution >= 4 is 0 Å². The largest absolute Gasteiger partial charge is 0.495 e. The number of hydrogen-bond acceptors (Lipinski definition) is 4. The summed E-state index contributed by atoms with van der Waals surface area (Å²) in [6.07, 6.45) is 2.38. The van der Waals surface area contributed by atoms with Crippen LogP contribution in [0.2, 0.25) is 0 Å². The molecule has 1 unspecified atom stereocenters. The highest BCUT2D eigenvalue weighted by Crippen LogP contribution is 2.35. The van der Waals surface area contributed by atoms with Gasteiger partial charge >= 0.3 is 0 Å². The smallest absolute Gasteiger partial charge is 0.179 e. The zero-order chi connectivity index (χ0) is 12.7. The quantitative estimate of drug-likeness (QED) is 0.789. The molecule has 1 rings (SSSR count). The second-order valence-electron chi connectivity index (χ2n) is 3.84. The van der Waals surface area contributed by atoms with E-state index in [0.29, 0.717) is 18.7 Å². The lowest BCUT2D eigenvalue weighted by Gasteiger charge is -2.25. The molecule has 1 heterocycles. The van der Waals surface area contributed by atoms with Crippen LogP contribution in [0.3, 0.4) is 0 Å². The summed E-state index contributed by atoms with van der Waals surface area (Å²) >= 11 is 0. The number of hydrogen-bond donors (Lipinski definition) is 1. The number of aromatic nitrogens is 1. The van der Waals surface area contributed by atoms with Crippen LogP contribution in [0.25, 0.3) is 0 Å². The fraction of sp³-hybridized carbons (Fsp3) is 0.583. The molecule has 96 valence electrons. The summed E-state index contributed by atoms with van der Waals surface area (Å²) in [7, 11) is 2.96. The zero-order valence-corrected chi connectivity index (χ0v) is 10.3. The molecule has 0 spiro atoms. The molecule has 17 heavy (non-hydrogen) atoms. The van der Waals surface area contributed by atoms with Crippen molar-refractivity contribution in [3.63, 3.8) is 0 Å². The van der Waals surface area contributed by atoms with Crippen molar-refractivity contribution in [2.24, 2.45) is 5.73 Å². The molecule has 0 saturated carbocycles. The number of halogens is 1. The average Bonchev–Trinajstić information content (AvgIpc) is 2.36. The Balaban J connectivity index is 3.02. The molecule has 1 aromatic heterocycles. The Morgan fingerprint density at radius 3 is 2.82 bits per heavy atom. The highest BCUT2D eigenvalue weighted by molar-refractivity contribution is 5.32. The SMILES string of the molecule is COCC(F)(CCCN)c1ncccc1OC. The van der Waals surface area contributed by atoms with Crippen LogP contribution >= 0.6 is 0 Å². The Morgan fingerprint density at radius 1 is 1.47 bits per heavy atom. The molecule has 2 N–H and O–H groups in total. The van der Waals surface area contributed by atoms with Crippen molar-refractivity contribution in [1.82, 2.24) is 4.98 Å². The summed E-state index contributed by atoms with van der Waals surface area (Å²) in [5.41, 5.74) is 4.05. The number of rotatable bonds is 7. The molecular formula is C12H19FN2O2. The third kappa shape index (κ3) is 3.38. The molecule has 4 nitrogen and oxygen atoms in total. The summed E-state index contributed by atoms with van der Waals surface area (Å²) in [4.78, 5) is 4.07. The van der Waals surface area contributed by atoms with Crippen LogP contribution in [0.15, 0.2) is 18.3 Å². The summed E-state index contributed by atoms with van der Waals surface area (Å²) in [6.45, 7) is 0.380. The minimum atomic E-state index is -1.65. The summed E-state index contributed by atoms with van der Waals surface area (Å²) in [5.74, 6) is 0.434. The van der Waals surface area contributed by atoms with E-state index in [4.69, 9.17) is 15.2 Å². The first-order valence-electron chi connectivity index (χ1n) is 5.55. The molecule has 1 aromatic rings. The number of ether oxygens (including phenoxy) is 2. The van der Waals surface area contributed by atoms with E-state index in [1.54, 1.807) is 18.3 Å². The summed E-state index contributed by atoms with van der Waals surface area (Å²) < 4.78 is 24.9. The van der Waals surface area contributed by atoms with Crippen molar-refractivity contribution in [3.8, 4) is 5.75 Å². The number of alkyl halides is 1. The molecule has 0 aromatic carbocycles. The van der Waals surface area contributed by atoms with Gasteiger partial charge in [-0.05, 0) is 31.5 Å². The summed E-state index contributed by atoms with van der Waals surface area (Å²) in [6, 6.07) is 3.40. The van der Waals surface area contributed by atoms with E-state index >= 15 is 0 Å². The van der Waals surface area contributed by atoms with Crippen LogP contribution in [0.5, 0.6) is 5.75 Å². The fourth-order valence-electron chi connectivity index (χ4n) is 1.76. The van der Waals surface area contributed by atoms with Crippen LogP contribution in [0.1, 0.15) is 18.5 Å². The van der Waals surface area contributed by atoms with Crippen molar-refractivity contribution in [2.45, 2.75) is 18.5 Å². The second-order valence-corrected chi connectivity index (χ2v) is 3.84. The normalized spacial score (nSPS) is 14.4. The van der Waals surface area contributed by atoms with Gasteiger partial charge in [-0.2, -0.15) is 0 Å². The van der Waals surface area contributed by atoms with Gasteiger partial charge in [-0.1, -0.05) is 0 Å². The minimum absolute atomic E-state index is 0.0552. The molecule has 5 heteroatoms. The van der Waals surface area contributed by atoms with E-state index in [2.05, 4.69) is 4.98 Å². The van der Waals surface area contributed by atoms with Crippen molar-refractivity contribution in [1.29, 1.82) is 0 Å². The highest BCUT2D eigenvalue weighted by atomic mass is 19.1. The topological polar surface area (TPSA) is 57.4 Å². The van der Waals surface area contributed by atoms with Crippen LogP contribution in [0, 0.1) is 0 Å². The first-order chi connectivity index (χ1) is 8.18. The number of nitrogens with zero attached hydrogens (tertiary/aromatic N) is 1. The lowest BCUT2D eigenvalue weighted by Crippen LogP contribution is -2.29. The van der Waals surface area contributed by atoms with Gasteiger partial charge in [-0.15, -0.1) is 0 Å². The Bertz CT molecular complexity index is 349. The van der Waals surface area contributed by atoms with Crippen molar-refractivity contribution in [2.75, 3.05) is 27.4 Å². The molecule has 0 aliphatic rings. The van der Waals surface area contributed by atoms with E-state index in [1.165, 1.54) is 14.2 Å². The third-order valence-corrected chi connectivity index (χ3v) is 2.57. The monoisotopic (exact) mass is 242 g/mol. The average molecular weight is 242 g/mol. The number of nitrogens with two attached hydrogens (primary N) is 1. The Morgan fingerprint density at radius 2 is 2.24 bits per heavy atom. The molecule has 0 radical (unpaired) electrons. The molecule has 0 aliphatic heterocycles. The molecule has 1 atom stereocenters. The maximum atomic E-state index is 14.8. The first kappa shape index (κ1) is 13.9. The molecule has 0 amide bonds. The van der Waals surface area contributed by atoms with Crippen LogP contribution in [-0.2, 0) is 10.4 Å². The summed E-state index contributed by atoms with van der Waals surface area (Å²) in [5, 5.41) is 0. The van der Waals surface area contributed by atoms with E-state index < -0.39 is 5.67 Å². The number of pyridine rings is 1. The fourth-order valence-corrected chi connectivity index (χ4v) is 1.76. The Kier molecular flexibility index (Phi) is 5.31. The molecular weight excluding hydrogens is 223 g/mol. The predicted octanol–water partition coefficient (Wildman–Crippen LogP) is 1.64. The van der Waals surface area contributed by atoms with Gasteiger partial charge in [-0.25, -0.2) is 4.39 Å². The van der Waals surface area contributed by atoms with E-state index in [0.717, 1.165) is 0 Å². The predicted molar refractivity (Wildman–Crippen MR) is 63.7 cm³/mol. The van der Waals surface area contributed by atoms with Gasteiger partial charge in [0.05, 0.1) is 13.7 Å². The van der Waals surface area contributed by atoms with E-state index in [1.807, 2.05) is 0 Å². The second kappa shape index (κ2) is 6.51. The molecule has 0 aliphatic carbocycles. The van der Waals surface area contributed by atoms with Crippen LogP contribution in [-0.4, -0.2) is 32.4 Å². The lowest BCUT2D eigenvalue weighted by atomic mass is 9.95. The van der Waals surface area contributed by atoms with Gasteiger partial charge in [0.1, 0.15) is 11.4 Å². The van der Waals surface area contributed by atoms with Gasteiger partial charge in [0.2, 0.25) is 0 Å². The maximum absolute atomic E-state index is 14.8. The Labute approximate surface area is 101 Å². The molecule has 0 bridgehead atoms. The van der Waals surface area contributed by atoms with Crippen LogP contribution < -0.4 is 10.5 Å². The van der Waals surface area contributed by atoms with Gasteiger partial charge in [0, 0.05) is 13.3 Å². The molecule has 0 fully saturated rings. The minimum Gasteiger partial charge on any atom is -0.495 e. The van der Waals surface area contributed by atoms with Gasteiger partial charge in [0.15, 0.2) is 5.67 Å². The van der Waals surface area contributed by atoms with Crippen LogP contribution in [0.4, 0.5) is 4.39 Å². The zero-order valence-electron chi connectivity index (χ0n) is 10.3. The third-order valence-electron chi connectivity index (χ3n) is 2.57. The first-order valence-corrected chi connectivity index (χ1v) is 5.55. The molecule has 0 saturated heterocycles.